The van der Waals surface area contributed by atoms with Crippen molar-refractivity contribution in [2.75, 3.05) is 7.05 Å². The van der Waals surface area contributed by atoms with Crippen LogP contribution < -0.4 is 5.32 Å². The number of carbonyl (C=O) groups excluding carboxylic acids is 1. The molecule has 0 saturated heterocycles. The van der Waals surface area contributed by atoms with Gasteiger partial charge < -0.3 is 5.32 Å². The third-order valence-corrected chi connectivity index (χ3v) is 4.91. The zero-order chi connectivity index (χ0) is 16.3. The number of hydrogen-bond acceptors (Lipinski definition) is 2. The quantitative estimate of drug-likeness (QED) is 0.836. The summed E-state index contributed by atoms with van der Waals surface area (Å²) in [5.41, 5.74) is 2.06. The Kier molecular flexibility index (Phi) is 4.65. The Morgan fingerprint density at radius 3 is 2.48 bits per heavy atom. The van der Waals surface area contributed by atoms with E-state index in [1.54, 1.807) is 0 Å². The molecule has 2 aromatic carbocycles. The summed E-state index contributed by atoms with van der Waals surface area (Å²) >= 11 is 6.39. The number of hydrogen-bond donors (Lipinski definition) is 1. The Bertz CT molecular complexity index is 738. The second-order valence-corrected chi connectivity index (χ2v) is 6.31. The fraction of sp³-hybridized carbons (Fsp3) is 0.250. The summed E-state index contributed by atoms with van der Waals surface area (Å²) in [6, 6.07) is 17.6. The summed E-state index contributed by atoms with van der Waals surface area (Å²) in [6.45, 7) is 0. The van der Waals surface area contributed by atoms with Crippen molar-refractivity contribution >= 4 is 23.5 Å². The van der Waals surface area contributed by atoms with Crippen LogP contribution in [0.3, 0.4) is 0 Å². The Morgan fingerprint density at radius 2 is 1.78 bits per heavy atom. The topological polar surface area (TPSA) is 29.1 Å². The number of ketones is 1. The molecule has 3 heteroatoms. The van der Waals surface area contributed by atoms with Crippen LogP contribution in [0.25, 0.3) is 6.08 Å². The van der Waals surface area contributed by atoms with E-state index in [2.05, 4.69) is 5.32 Å². The largest absolute Gasteiger partial charge is 0.304 e. The number of nitrogens with one attached hydrogen (secondary N) is 1. The van der Waals surface area contributed by atoms with Crippen molar-refractivity contribution < 1.29 is 4.79 Å². The Hall–Kier alpha value is -1.90. The van der Waals surface area contributed by atoms with E-state index in [0.717, 1.165) is 36.0 Å². The molecule has 0 radical (unpaired) electrons. The van der Waals surface area contributed by atoms with Crippen molar-refractivity contribution in [3.8, 4) is 0 Å². The predicted molar refractivity (Wildman–Crippen MR) is 95.5 cm³/mol. The monoisotopic (exact) mass is 325 g/mol. The van der Waals surface area contributed by atoms with E-state index in [-0.39, 0.29) is 5.78 Å². The molecule has 2 nitrogen and oxygen atoms in total. The lowest BCUT2D eigenvalue weighted by Crippen LogP contribution is -2.50. The number of benzene rings is 2. The average Bonchev–Trinajstić information content (AvgIpc) is 2.59. The van der Waals surface area contributed by atoms with Crippen molar-refractivity contribution in [3.63, 3.8) is 0 Å². The van der Waals surface area contributed by atoms with E-state index < -0.39 is 5.54 Å². The van der Waals surface area contributed by atoms with Gasteiger partial charge in [-0.2, -0.15) is 0 Å². The van der Waals surface area contributed by atoms with E-state index in [1.807, 2.05) is 67.7 Å². The molecule has 3 rings (SSSR count). The van der Waals surface area contributed by atoms with Gasteiger partial charge in [-0.3, -0.25) is 4.79 Å². The number of carbonyl (C=O) groups is 1. The smallest absolute Gasteiger partial charge is 0.183 e. The minimum absolute atomic E-state index is 0.128. The summed E-state index contributed by atoms with van der Waals surface area (Å²) in [6.07, 6.45) is 4.53. The first kappa shape index (κ1) is 16.0. The molecule has 2 aromatic rings. The molecule has 1 unspecified atom stereocenters. The maximum absolute atomic E-state index is 13.2. The Labute approximate surface area is 142 Å². The molecule has 118 valence electrons. The van der Waals surface area contributed by atoms with E-state index in [4.69, 9.17) is 11.6 Å². The van der Waals surface area contributed by atoms with Crippen molar-refractivity contribution in [1.82, 2.24) is 5.32 Å². The number of halogens is 1. The number of likely N-dealkylation sites (N-methyl/N-ethyl adjacent to an activating group) is 1. The Morgan fingerprint density at radius 1 is 1.09 bits per heavy atom. The normalized spacial score (nSPS) is 23.2. The van der Waals surface area contributed by atoms with Crippen LogP contribution in [0.5, 0.6) is 0 Å². The van der Waals surface area contributed by atoms with Gasteiger partial charge in [0.1, 0.15) is 5.54 Å². The highest BCUT2D eigenvalue weighted by molar-refractivity contribution is 6.32. The van der Waals surface area contributed by atoms with Crippen molar-refractivity contribution in [1.29, 1.82) is 0 Å². The zero-order valence-electron chi connectivity index (χ0n) is 13.2. The van der Waals surface area contributed by atoms with Crippen LogP contribution in [0, 0.1) is 0 Å². The predicted octanol–water partition coefficient (Wildman–Crippen LogP) is 4.59. The molecule has 0 aliphatic heterocycles. The minimum Gasteiger partial charge on any atom is -0.304 e. The SMILES string of the molecule is CNC1(c2ccccc2Cl)CCC/C(=C/c2ccccc2)C1=O. The van der Waals surface area contributed by atoms with Crippen molar-refractivity contribution in [2.45, 2.75) is 24.8 Å². The number of rotatable bonds is 3. The second-order valence-electron chi connectivity index (χ2n) is 5.90. The van der Waals surface area contributed by atoms with Crippen LogP contribution in [0.2, 0.25) is 5.02 Å². The molecule has 0 bridgehead atoms. The molecule has 1 aliphatic carbocycles. The van der Waals surface area contributed by atoms with Gasteiger partial charge in [0.05, 0.1) is 0 Å². The molecule has 1 fully saturated rings. The van der Waals surface area contributed by atoms with Gasteiger partial charge in [0.25, 0.3) is 0 Å². The number of Topliss-reactive ketones (excluding diaryl/α,β-unsaturated/α-hetero) is 1. The van der Waals surface area contributed by atoms with Crippen LogP contribution in [0.4, 0.5) is 0 Å². The third kappa shape index (κ3) is 2.97. The summed E-state index contributed by atoms with van der Waals surface area (Å²) in [5.74, 6) is 0.128. The summed E-state index contributed by atoms with van der Waals surface area (Å²) < 4.78 is 0. The molecular weight excluding hydrogens is 306 g/mol. The highest BCUT2D eigenvalue weighted by atomic mass is 35.5. The van der Waals surface area contributed by atoms with E-state index in [9.17, 15) is 4.79 Å². The fourth-order valence-corrected chi connectivity index (χ4v) is 3.67. The van der Waals surface area contributed by atoms with Crippen LogP contribution in [0.1, 0.15) is 30.4 Å². The second kappa shape index (κ2) is 6.69. The average molecular weight is 326 g/mol. The van der Waals surface area contributed by atoms with E-state index >= 15 is 0 Å². The van der Waals surface area contributed by atoms with Gasteiger partial charge in [-0.1, -0.05) is 60.1 Å². The van der Waals surface area contributed by atoms with E-state index in [0.29, 0.717) is 5.02 Å². The molecule has 0 amide bonds. The molecule has 23 heavy (non-hydrogen) atoms. The maximum Gasteiger partial charge on any atom is 0.183 e. The lowest BCUT2D eigenvalue weighted by Gasteiger charge is -2.37. The zero-order valence-corrected chi connectivity index (χ0v) is 13.9. The van der Waals surface area contributed by atoms with Crippen LogP contribution in [0.15, 0.2) is 60.2 Å². The van der Waals surface area contributed by atoms with E-state index in [1.165, 1.54) is 0 Å². The third-order valence-electron chi connectivity index (χ3n) is 4.58. The maximum atomic E-state index is 13.2. The standard InChI is InChI=1S/C20H20ClNO/c1-22-20(17-11-5-6-12-18(17)21)13-7-10-16(19(20)23)14-15-8-3-2-4-9-15/h2-6,8-9,11-12,14,22H,7,10,13H2,1H3/b16-14-. The molecule has 1 saturated carbocycles. The van der Waals surface area contributed by atoms with Gasteiger partial charge >= 0.3 is 0 Å². The lowest BCUT2D eigenvalue weighted by molar-refractivity contribution is -0.123. The van der Waals surface area contributed by atoms with Crippen molar-refractivity contribution in [3.05, 3.63) is 76.3 Å². The molecule has 1 atom stereocenters. The summed E-state index contributed by atoms with van der Waals surface area (Å²) in [5, 5.41) is 3.90. The van der Waals surface area contributed by atoms with Gasteiger partial charge in [-0.05, 0) is 55.2 Å². The molecule has 1 aliphatic rings. The molecule has 0 heterocycles. The first-order chi connectivity index (χ1) is 11.2. The lowest BCUT2D eigenvalue weighted by atomic mass is 9.73. The molecule has 0 aromatic heterocycles. The minimum atomic E-state index is -0.725. The molecule has 0 spiro atoms. The van der Waals surface area contributed by atoms with Gasteiger partial charge in [-0.15, -0.1) is 0 Å². The van der Waals surface area contributed by atoms with Gasteiger partial charge in [0.15, 0.2) is 5.78 Å². The fourth-order valence-electron chi connectivity index (χ4n) is 3.37. The molecule has 1 N–H and O–H groups in total. The highest BCUT2D eigenvalue weighted by Crippen LogP contribution is 2.40. The Balaban J connectivity index is 2.04. The highest BCUT2D eigenvalue weighted by Gasteiger charge is 2.43. The van der Waals surface area contributed by atoms with Crippen LogP contribution >= 0.6 is 11.6 Å². The van der Waals surface area contributed by atoms with Gasteiger partial charge in [0.2, 0.25) is 0 Å². The van der Waals surface area contributed by atoms with Crippen LogP contribution in [-0.2, 0) is 10.3 Å². The van der Waals surface area contributed by atoms with Gasteiger partial charge in [-0.25, -0.2) is 0 Å². The van der Waals surface area contributed by atoms with Crippen molar-refractivity contribution in [2.24, 2.45) is 0 Å². The van der Waals surface area contributed by atoms with Gasteiger partial charge in [0, 0.05) is 5.02 Å². The first-order valence-corrected chi connectivity index (χ1v) is 8.29. The molecular formula is C20H20ClNO. The first-order valence-electron chi connectivity index (χ1n) is 7.92. The van der Waals surface area contributed by atoms with Crippen LogP contribution in [-0.4, -0.2) is 12.8 Å². The summed E-state index contributed by atoms with van der Waals surface area (Å²) in [7, 11) is 1.84. The summed E-state index contributed by atoms with van der Waals surface area (Å²) in [4.78, 5) is 13.2.